The molecule has 3 heterocycles. The first-order chi connectivity index (χ1) is 11.7. The average molecular weight is 322 g/mol. The van der Waals surface area contributed by atoms with E-state index in [0.29, 0.717) is 11.6 Å². The van der Waals surface area contributed by atoms with Gasteiger partial charge in [0.05, 0.1) is 11.8 Å². The van der Waals surface area contributed by atoms with Gasteiger partial charge in [0.1, 0.15) is 5.82 Å². The molecule has 0 aliphatic carbocycles. The molecule has 2 N–H and O–H groups in total. The van der Waals surface area contributed by atoms with Crippen LogP contribution in [0.5, 0.6) is 0 Å². The zero-order valence-electron chi connectivity index (χ0n) is 13.2. The predicted molar refractivity (Wildman–Crippen MR) is 91.4 cm³/mol. The van der Waals surface area contributed by atoms with Crippen molar-refractivity contribution in [1.82, 2.24) is 9.97 Å². The second-order valence-electron chi connectivity index (χ2n) is 6.03. The fourth-order valence-electron chi connectivity index (χ4n) is 3.19. The van der Waals surface area contributed by atoms with Gasteiger partial charge in [-0.25, -0.2) is 9.97 Å². The Labute approximate surface area is 139 Å². The molecule has 24 heavy (non-hydrogen) atoms. The van der Waals surface area contributed by atoms with Crippen molar-refractivity contribution >= 4 is 22.6 Å². The van der Waals surface area contributed by atoms with Gasteiger partial charge >= 0.3 is 0 Å². The minimum Gasteiger partial charge on any atom is -0.461 e. The van der Waals surface area contributed by atoms with Crippen molar-refractivity contribution < 1.29 is 9.21 Å². The van der Waals surface area contributed by atoms with Crippen LogP contribution in [0.15, 0.2) is 47.1 Å². The number of amides is 1. The van der Waals surface area contributed by atoms with Crippen LogP contribution < -0.4 is 10.6 Å². The molecule has 1 aliphatic heterocycles. The highest BCUT2D eigenvalue weighted by Gasteiger charge is 2.25. The molecule has 2 aromatic heterocycles. The molecule has 1 aromatic carbocycles. The molecule has 6 heteroatoms. The van der Waals surface area contributed by atoms with Crippen LogP contribution in [0.2, 0.25) is 0 Å². The van der Waals surface area contributed by atoms with Gasteiger partial charge in [0.25, 0.3) is 0 Å². The molecule has 1 fully saturated rings. The smallest absolute Gasteiger partial charge is 0.220 e. The van der Waals surface area contributed by atoms with Crippen molar-refractivity contribution in [3.05, 3.63) is 42.7 Å². The summed E-state index contributed by atoms with van der Waals surface area (Å²) >= 11 is 0. The number of nitrogens with two attached hydrogens (primary N) is 1. The van der Waals surface area contributed by atoms with Crippen molar-refractivity contribution in [2.24, 2.45) is 11.7 Å². The number of primary amides is 1. The quantitative estimate of drug-likeness (QED) is 0.801. The highest BCUT2D eigenvalue weighted by Crippen LogP contribution is 2.30. The van der Waals surface area contributed by atoms with E-state index in [1.54, 1.807) is 6.26 Å². The van der Waals surface area contributed by atoms with Gasteiger partial charge in [-0.3, -0.25) is 4.79 Å². The SMILES string of the molecule is NC(=O)C1CCN(c2nc(-c3ccco3)nc3ccccc23)CC1. The van der Waals surface area contributed by atoms with Crippen LogP contribution in [-0.4, -0.2) is 29.0 Å². The maximum atomic E-state index is 11.4. The summed E-state index contributed by atoms with van der Waals surface area (Å²) in [6.07, 6.45) is 3.12. The van der Waals surface area contributed by atoms with Crippen molar-refractivity contribution in [3.63, 3.8) is 0 Å². The van der Waals surface area contributed by atoms with E-state index in [1.165, 1.54) is 0 Å². The zero-order valence-corrected chi connectivity index (χ0v) is 13.2. The molecule has 6 nitrogen and oxygen atoms in total. The number of fused-ring (bicyclic) bond motifs is 1. The van der Waals surface area contributed by atoms with Gasteiger partial charge in [-0.1, -0.05) is 12.1 Å². The Morgan fingerprint density at radius 3 is 2.62 bits per heavy atom. The molecule has 4 rings (SSSR count). The Kier molecular flexibility index (Phi) is 3.65. The number of furan rings is 1. The second kappa shape index (κ2) is 5.96. The van der Waals surface area contributed by atoms with E-state index >= 15 is 0 Å². The molecule has 122 valence electrons. The van der Waals surface area contributed by atoms with Gasteiger partial charge in [0.2, 0.25) is 5.91 Å². The monoisotopic (exact) mass is 322 g/mol. The topological polar surface area (TPSA) is 85.3 Å². The van der Waals surface area contributed by atoms with E-state index < -0.39 is 0 Å². The minimum absolute atomic E-state index is 0.0427. The molecule has 1 amide bonds. The van der Waals surface area contributed by atoms with Gasteiger partial charge in [-0.2, -0.15) is 0 Å². The Morgan fingerprint density at radius 2 is 1.92 bits per heavy atom. The lowest BCUT2D eigenvalue weighted by Gasteiger charge is -2.32. The van der Waals surface area contributed by atoms with E-state index in [-0.39, 0.29) is 11.8 Å². The normalized spacial score (nSPS) is 15.8. The van der Waals surface area contributed by atoms with E-state index in [2.05, 4.69) is 9.88 Å². The fourth-order valence-corrected chi connectivity index (χ4v) is 3.19. The van der Waals surface area contributed by atoms with E-state index in [9.17, 15) is 4.79 Å². The number of para-hydroxylation sites is 1. The summed E-state index contributed by atoms with van der Waals surface area (Å²) in [6, 6.07) is 11.6. The molecular formula is C18H18N4O2. The van der Waals surface area contributed by atoms with E-state index in [0.717, 1.165) is 42.7 Å². The molecule has 0 saturated carbocycles. The number of nitrogens with zero attached hydrogens (tertiary/aromatic N) is 3. The number of carbonyl (C=O) groups excluding carboxylic acids is 1. The molecule has 0 radical (unpaired) electrons. The number of rotatable bonds is 3. The first-order valence-electron chi connectivity index (χ1n) is 8.07. The minimum atomic E-state index is -0.210. The van der Waals surface area contributed by atoms with E-state index in [4.69, 9.17) is 15.1 Å². The Morgan fingerprint density at radius 1 is 1.12 bits per heavy atom. The molecule has 0 atom stereocenters. The molecule has 1 aliphatic rings. The Balaban J connectivity index is 1.75. The van der Waals surface area contributed by atoms with Gasteiger partial charge in [-0.05, 0) is 37.1 Å². The third-order valence-corrected chi connectivity index (χ3v) is 4.52. The molecule has 0 bridgehead atoms. The number of benzene rings is 1. The number of aromatic nitrogens is 2. The lowest BCUT2D eigenvalue weighted by Crippen LogP contribution is -2.39. The fraction of sp³-hybridized carbons (Fsp3) is 0.278. The standard InChI is InChI=1S/C18H18N4O2/c19-16(23)12-7-9-22(10-8-12)18-13-4-1-2-5-14(13)20-17(21-18)15-6-3-11-24-15/h1-6,11-12H,7-10H2,(H2,19,23). The lowest BCUT2D eigenvalue weighted by atomic mass is 9.96. The number of hydrogen-bond acceptors (Lipinski definition) is 5. The highest BCUT2D eigenvalue weighted by molar-refractivity contribution is 5.91. The zero-order chi connectivity index (χ0) is 16.5. The molecule has 0 spiro atoms. The maximum absolute atomic E-state index is 11.4. The van der Waals surface area contributed by atoms with Crippen LogP contribution in [0.25, 0.3) is 22.5 Å². The summed E-state index contributed by atoms with van der Waals surface area (Å²) in [5, 5.41) is 1.00. The van der Waals surface area contributed by atoms with Gasteiger partial charge in [-0.15, -0.1) is 0 Å². The van der Waals surface area contributed by atoms with Crippen LogP contribution >= 0.6 is 0 Å². The summed E-state index contributed by atoms with van der Waals surface area (Å²) in [7, 11) is 0. The number of hydrogen-bond donors (Lipinski definition) is 1. The van der Waals surface area contributed by atoms with Crippen LogP contribution in [0.1, 0.15) is 12.8 Å². The Bertz CT molecular complexity index is 868. The third-order valence-electron chi connectivity index (χ3n) is 4.52. The third kappa shape index (κ3) is 2.60. The first kappa shape index (κ1) is 14.7. The number of anilines is 1. The van der Waals surface area contributed by atoms with Crippen LogP contribution in [0.3, 0.4) is 0 Å². The molecular weight excluding hydrogens is 304 g/mol. The van der Waals surface area contributed by atoms with Gasteiger partial charge < -0.3 is 15.1 Å². The second-order valence-corrected chi connectivity index (χ2v) is 6.03. The highest BCUT2D eigenvalue weighted by atomic mass is 16.3. The summed E-state index contributed by atoms with van der Waals surface area (Å²) in [5.41, 5.74) is 6.32. The Hall–Kier alpha value is -2.89. The summed E-state index contributed by atoms with van der Waals surface area (Å²) in [5.74, 6) is 1.85. The molecule has 3 aromatic rings. The summed E-state index contributed by atoms with van der Waals surface area (Å²) in [6.45, 7) is 1.51. The van der Waals surface area contributed by atoms with Crippen LogP contribution in [-0.2, 0) is 4.79 Å². The summed E-state index contributed by atoms with van der Waals surface area (Å²) < 4.78 is 5.45. The van der Waals surface area contributed by atoms with Crippen molar-refractivity contribution in [2.45, 2.75) is 12.8 Å². The maximum Gasteiger partial charge on any atom is 0.220 e. The van der Waals surface area contributed by atoms with Gasteiger partial charge in [0.15, 0.2) is 11.6 Å². The molecule has 1 saturated heterocycles. The summed E-state index contributed by atoms with van der Waals surface area (Å²) in [4.78, 5) is 22.9. The van der Waals surface area contributed by atoms with Gasteiger partial charge in [0, 0.05) is 24.4 Å². The first-order valence-corrected chi connectivity index (χ1v) is 8.07. The number of carbonyl (C=O) groups is 1. The molecule has 0 unspecified atom stereocenters. The van der Waals surface area contributed by atoms with Crippen molar-refractivity contribution in [2.75, 3.05) is 18.0 Å². The van der Waals surface area contributed by atoms with Crippen molar-refractivity contribution in [3.8, 4) is 11.6 Å². The largest absolute Gasteiger partial charge is 0.461 e. The van der Waals surface area contributed by atoms with E-state index in [1.807, 2.05) is 36.4 Å². The lowest BCUT2D eigenvalue weighted by molar-refractivity contribution is -0.122. The van der Waals surface area contributed by atoms with Crippen LogP contribution in [0, 0.1) is 5.92 Å². The predicted octanol–water partition coefficient (Wildman–Crippen LogP) is 2.59. The van der Waals surface area contributed by atoms with Crippen molar-refractivity contribution in [1.29, 1.82) is 0 Å². The average Bonchev–Trinajstić information content (AvgIpc) is 3.15. The van der Waals surface area contributed by atoms with Crippen LogP contribution in [0.4, 0.5) is 5.82 Å². The number of piperidine rings is 1.